The second kappa shape index (κ2) is 11.1. The number of rotatable bonds is 6. The van der Waals surface area contributed by atoms with E-state index >= 15 is 0 Å². The van der Waals surface area contributed by atoms with Crippen molar-refractivity contribution < 1.29 is 18.0 Å². The molecule has 200 valence electrons. The number of nitrogens with one attached hydrogen (secondary N) is 2. The zero-order chi connectivity index (χ0) is 27.5. The molecule has 1 atom stereocenters. The largest absolute Gasteiger partial charge is 0.326 e. The van der Waals surface area contributed by atoms with E-state index in [0.717, 1.165) is 11.1 Å². The molecule has 0 radical (unpaired) electrons. The Morgan fingerprint density at radius 1 is 0.895 bits per heavy atom. The highest BCUT2D eigenvalue weighted by Gasteiger charge is 2.33. The second-order valence-corrected chi connectivity index (χ2v) is 12.8. The van der Waals surface area contributed by atoms with Crippen LogP contribution in [-0.4, -0.2) is 37.6 Å². The molecule has 1 saturated heterocycles. The number of carbonyl (C=O) groups excluding carboxylic acids is 2. The molecule has 38 heavy (non-hydrogen) atoms. The van der Waals surface area contributed by atoms with E-state index in [9.17, 15) is 18.0 Å². The first-order valence-electron chi connectivity index (χ1n) is 12.8. The summed E-state index contributed by atoms with van der Waals surface area (Å²) in [5.74, 6) is -0.947. The summed E-state index contributed by atoms with van der Waals surface area (Å²) in [5, 5.41) is 5.78. The van der Waals surface area contributed by atoms with Gasteiger partial charge in [-0.15, -0.1) is 0 Å². The van der Waals surface area contributed by atoms with Gasteiger partial charge in [0.15, 0.2) is 0 Å². The summed E-state index contributed by atoms with van der Waals surface area (Å²) in [6.07, 6.45) is 1.21. The number of sulfonamides is 1. The predicted molar refractivity (Wildman–Crippen MR) is 151 cm³/mol. The summed E-state index contributed by atoms with van der Waals surface area (Å²) in [4.78, 5) is 26.1. The molecule has 8 heteroatoms. The van der Waals surface area contributed by atoms with Crippen LogP contribution in [0.25, 0.3) is 0 Å². The molecule has 7 nitrogen and oxygen atoms in total. The van der Waals surface area contributed by atoms with Crippen LogP contribution in [0.1, 0.15) is 55.1 Å². The standard InChI is InChI=1S/C30H35N3O4S/c1-21-10-16-27(17-11-21)38(36,37)33-18-6-7-23(20-33)29(35)32-26-9-5-8-25(19-26)31-28(34)22-12-14-24(15-13-22)30(2,3)4/h5,8-17,19,23H,6-7,18,20H2,1-4H3,(H,31,34)(H,32,35). The molecule has 0 saturated carbocycles. The van der Waals surface area contributed by atoms with Gasteiger partial charge in [-0.2, -0.15) is 4.31 Å². The van der Waals surface area contributed by atoms with Crippen molar-refractivity contribution in [1.82, 2.24) is 4.31 Å². The minimum absolute atomic E-state index is 0.00175. The van der Waals surface area contributed by atoms with Gasteiger partial charge < -0.3 is 10.6 Å². The first-order chi connectivity index (χ1) is 17.9. The Morgan fingerprint density at radius 3 is 2.16 bits per heavy atom. The maximum Gasteiger partial charge on any atom is 0.255 e. The molecule has 1 aliphatic rings. The number of hydrogen-bond donors (Lipinski definition) is 2. The predicted octanol–water partition coefficient (Wildman–Crippen LogP) is 5.58. The molecule has 1 unspecified atom stereocenters. The SMILES string of the molecule is Cc1ccc(S(=O)(=O)N2CCCC(C(=O)Nc3cccc(NC(=O)c4ccc(C(C)(C)C)cc4)c3)C2)cc1. The van der Waals surface area contributed by atoms with Crippen molar-refractivity contribution in [2.75, 3.05) is 23.7 Å². The van der Waals surface area contributed by atoms with E-state index in [4.69, 9.17) is 0 Å². The molecule has 1 fully saturated rings. The van der Waals surface area contributed by atoms with Crippen molar-refractivity contribution in [2.45, 2.75) is 50.8 Å². The molecule has 1 heterocycles. The van der Waals surface area contributed by atoms with Gasteiger partial charge in [-0.3, -0.25) is 9.59 Å². The summed E-state index contributed by atoms with van der Waals surface area (Å²) >= 11 is 0. The van der Waals surface area contributed by atoms with E-state index in [1.807, 2.05) is 19.1 Å². The lowest BCUT2D eigenvalue weighted by atomic mass is 9.87. The van der Waals surface area contributed by atoms with Crippen molar-refractivity contribution in [2.24, 2.45) is 5.92 Å². The topological polar surface area (TPSA) is 95.6 Å². The van der Waals surface area contributed by atoms with E-state index in [1.54, 1.807) is 60.7 Å². The van der Waals surface area contributed by atoms with E-state index in [-0.39, 0.29) is 28.7 Å². The molecular weight excluding hydrogens is 498 g/mol. The maximum absolute atomic E-state index is 13.1. The summed E-state index contributed by atoms with van der Waals surface area (Å²) in [7, 11) is -3.67. The Bertz CT molecular complexity index is 1410. The minimum Gasteiger partial charge on any atom is -0.326 e. The number of hydrogen-bond acceptors (Lipinski definition) is 4. The number of aryl methyl sites for hydroxylation is 1. The Kier molecular flexibility index (Phi) is 8.04. The average molecular weight is 534 g/mol. The quantitative estimate of drug-likeness (QED) is 0.432. The summed E-state index contributed by atoms with van der Waals surface area (Å²) in [5.41, 5.74) is 3.77. The average Bonchev–Trinajstić information content (AvgIpc) is 2.89. The van der Waals surface area contributed by atoms with Crippen LogP contribution in [0.15, 0.2) is 77.7 Å². The zero-order valence-electron chi connectivity index (χ0n) is 22.3. The Labute approximate surface area is 225 Å². The van der Waals surface area contributed by atoms with Gasteiger partial charge in [0.05, 0.1) is 10.8 Å². The van der Waals surface area contributed by atoms with Gasteiger partial charge in [-0.05, 0) is 73.2 Å². The number of piperidine rings is 1. The normalized spacial score (nSPS) is 16.6. The van der Waals surface area contributed by atoms with Crippen molar-refractivity contribution >= 4 is 33.2 Å². The van der Waals surface area contributed by atoms with Gasteiger partial charge in [0.2, 0.25) is 15.9 Å². The molecule has 3 aromatic carbocycles. The van der Waals surface area contributed by atoms with E-state index < -0.39 is 15.9 Å². The van der Waals surface area contributed by atoms with Crippen LogP contribution in [0.5, 0.6) is 0 Å². The number of amides is 2. The van der Waals surface area contributed by atoms with Crippen LogP contribution in [0, 0.1) is 12.8 Å². The van der Waals surface area contributed by atoms with Crippen molar-refractivity contribution in [3.05, 3.63) is 89.5 Å². The molecule has 0 spiro atoms. The summed E-state index contributed by atoms with van der Waals surface area (Å²) < 4.78 is 27.6. The highest BCUT2D eigenvalue weighted by atomic mass is 32.2. The Hall–Kier alpha value is -3.49. The fourth-order valence-corrected chi connectivity index (χ4v) is 6.00. The van der Waals surface area contributed by atoms with Gasteiger partial charge >= 0.3 is 0 Å². The lowest BCUT2D eigenvalue weighted by Crippen LogP contribution is -2.43. The fraction of sp³-hybridized carbons (Fsp3) is 0.333. The van der Waals surface area contributed by atoms with Gasteiger partial charge in [0.1, 0.15) is 0 Å². The highest BCUT2D eigenvalue weighted by Crippen LogP contribution is 2.26. The van der Waals surface area contributed by atoms with E-state index in [2.05, 4.69) is 31.4 Å². The molecule has 2 N–H and O–H groups in total. The first kappa shape index (κ1) is 27.5. The van der Waals surface area contributed by atoms with Crippen LogP contribution in [0.3, 0.4) is 0 Å². The molecule has 0 aromatic heterocycles. The minimum atomic E-state index is -3.67. The molecule has 1 aliphatic heterocycles. The number of nitrogens with zero attached hydrogens (tertiary/aromatic N) is 1. The third kappa shape index (κ3) is 6.49. The summed E-state index contributed by atoms with van der Waals surface area (Å²) in [6, 6.07) is 21.2. The van der Waals surface area contributed by atoms with E-state index in [1.165, 1.54) is 4.31 Å². The molecule has 3 aromatic rings. The first-order valence-corrected chi connectivity index (χ1v) is 14.3. The van der Waals surface area contributed by atoms with Gasteiger partial charge in [0, 0.05) is 30.0 Å². The fourth-order valence-electron chi connectivity index (χ4n) is 4.48. The van der Waals surface area contributed by atoms with Crippen LogP contribution in [0.2, 0.25) is 0 Å². The molecule has 0 aliphatic carbocycles. The Morgan fingerprint density at radius 2 is 1.53 bits per heavy atom. The lowest BCUT2D eigenvalue weighted by Gasteiger charge is -2.31. The number of carbonyl (C=O) groups is 2. The van der Waals surface area contributed by atoms with Crippen LogP contribution >= 0.6 is 0 Å². The highest BCUT2D eigenvalue weighted by molar-refractivity contribution is 7.89. The van der Waals surface area contributed by atoms with Gasteiger partial charge in [0.25, 0.3) is 5.91 Å². The van der Waals surface area contributed by atoms with Crippen molar-refractivity contribution in [3.8, 4) is 0 Å². The van der Waals surface area contributed by atoms with Gasteiger partial charge in [-0.25, -0.2) is 8.42 Å². The second-order valence-electron chi connectivity index (χ2n) is 10.9. The smallest absolute Gasteiger partial charge is 0.255 e. The summed E-state index contributed by atoms with van der Waals surface area (Å²) in [6.45, 7) is 8.78. The van der Waals surface area contributed by atoms with Crippen molar-refractivity contribution in [3.63, 3.8) is 0 Å². The number of benzene rings is 3. The van der Waals surface area contributed by atoms with Gasteiger partial charge in [-0.1, -0.05) is 56.7 Å². The Balaban J connectivity index is 1.39. The molecule has 0 bridgehead atoms. The lowest BCUT2D eigenvalue weighted by molar-refractivity contribution is -0.120. The van der Waals surface area contributed by atoms with Crippen LogP contribution in [0.4, 0.5) is 11.4 Å². The molecule has 4 rings (SSSR count). The molecule has 2 amide bonds. The molecular formula is C30H35N3O4S. The van der Waals surface area contributed by atoms with Crippen molar-refractivity contribution in [1.29, 1.82) is 0 Å². The number of anilines is 2. The third-order valence-corrected chi connectivity index (χ3v) is 8.69. The third-order valence-electron chi connectivity index (χ3n) is 6.81. The van der Waals surface area contributed by atoms with Crippen LogP contribution in [-0.2, 0) is 20.2 Å². The van der Waals surface area contributed by atoms with E-state index in [0.29, 0.717) is 36.3 Å². The zero-order valence-corrected chi connectivity index (χ0v) is 23.1. The monoisotopic (exact) mass is 533 g/mol. The maximum atomic E-state index is 13.1. The van der Waals surface area contributed by atoms with Crippen LogP contribution < -0.4 is 10.6 Å².